The van der Waals surface area contributed by atoms with Gasteiger partial charge in [0.1, 0.15) is 23.9 Å². The number of carbonyl (C=O) groups excluding carboxylic acids is 6. The fraction of sp³-hybridized carbons (Fsp3) is 0.458. The first-order valence-electron chi connectivity index (χ1n) is 20.7. The smallest absolute Gasteiger partial charge is 0.338 e. The van der Waals surface area contributed by atoms with Crippen LogP contribution in [0.5, 0.6) is 0 Å². The Morgan fingerprint density at radius 1 is 0.823 bits per heavy atom. The summed E-state index contributed by atoms with van der Waals surface area (Å²) in [6.07, 6.45) is -10.6. The molecule has 62 heavy (non-hydrogen) atoms. The Bertz CT molecular complexity index is 2270. The van der Waals surface area contributed by atoms with Crippen LogP contribution in [0.3, 0.4) is 0 Å². The van der Waals surface area contributed by atoms with Gasteiger partial charge in [0.25, 0.3) is 0 Å². The Balaban J connectivity index is 1.39. The van der Waals surface area contributed by atoms with Crippen molar-refractivity contribution >= 4 is 35.4 Å². The molecule has 14 nitrogen and oxygen atoms in total. The number of Topliss-reactive ketones (excluding diaryl/α,β-unsaturated/α-hetero) is 2. The van der Waals surface area contributed by atoms with Crippen molar-refractivity contribution in [1.82, 2.24) is 0 Å². The van der Waals surface area contributed by atoms with Crippen molar-refractivity contribution in [3.8, 4) is 0 Å². The van der Waals surface area contributed by atoms with E-state index in [9.17, 15) is 39.3 Å². The lowest BCUT2D eigenvalue weighted by molar-refractivity contribution is -0.346. The van der Waals surface area contributed by atoms with Gasteiger partial charge in [-0.1, -0.05) is 92.7 Å². The van der Waals surface area contributed by atoms with Gasteiger partial charge in [0.15, 0.2) is 29.4 Å². The van der Waals surface area contributed by atoms with Crippen LogP contribution in [0.15, 0.2) is 102 Å². The first-order chi connectivity index (χ1) is 29.3. The quantitative estimate of drug-likeness (QED) is 0.104. The highest BCUT2D eigenvalue weighted by atomic mass is 16.6. The lowest BCUT2D eigenvalue weighted by Crippen LogP contribution is -2.82. The molecule has 3 N–H and O–H groups in total. The van der Waals surface area contributed by atoms with Crippen molar-refractivity contribution in [3.05, 3.63) is 119 Å². The van der Waals surface area contributed by atoms with Crippen LogP contribution in [0.1, 0.15) is 93.0 Å². The van der Waals surface area contributed by atoms with E-state index in [4.69, 9.17) is 23.7 Å². The standard InChI is InChI=1S/C48H52O14/c1-26-34(60-44(56)38(53)32(29-16-10-7-11-17-29)22-33(51)30-18-12-8-13-19-30)24-48(57)42(61-43(55)31-20-14-9-15-21-31)40-46(6,35(52)23-36-47(40,25-58-36)62-28(3)50)41(54)39(59-27(2)49)37(26)45(48,4)5/h7-21,32,34-36,38-40,42,52-53,57H,22-25H2,1-6H3/t32-,34-,35-,36+,38+,39+,40?,42?,46+,47-,48+/m0/s1. The lowest BCUT2D eigenvalue weighted by atomic mass is 9.44. The average Bonchev–Trinajstić information content (AvgIpc) is 3.24. The maximum atomic E-state index is 15.5. The maximum Gasteiger partial charge on any atom is 0.338 e. The molecule has 0 aromatic heterocycles. The topological polar surface area (TPSA) is 209 Å². The van der Waals surface area contributed by atoms with Crippen LogP contribution in [0.4, 0.5) is 0 Å². The predicted molar refractivity (Wildman–Crippen MR) is 219 cm³/mol. The van der Waals surface area contributed by atoms with Crippen molar-refractivity contribution in [1.29, 1.82) is 0 Å². The summed E-state index contributed by atoms with van der Waals surface area (Å²) in [5.74, 6) is -7.57. The van der Waals surface area contributed by atoms with Crippen LogP contribution in [-0.4, -0.2) is 105 Å². The molecular weight excluding hydrogens is 801 g/mol. The number of benzene rings is 3. The molecule has 1 aliphatic heterocycles. The minimum absolute atomic E-state index is 0.0127. The third-order valence-electron chi connectivity index (χ3n) is 13.8. The average molecular weight is 853 g/mol. The van der Waals surface area contributed by atoms with Gasteiger partial charge in [0, 0.05) is 50.0 Å². The van der Waals surface area contributed by atoms with E-state index in [1.807, 2.05) is 0 Å². The number of ether oxygens (including phenoxy) is 5. The highest BCUT2D eigenvalue weighted by Gasteiger charge is 2.78. The summed E-state index contributed by atoms with van der Waals surface area (Å²) >= 11 is 0. The van der Waals surface area contributed by atoms with Gasteiger partial charge in [-0.05, 0) is 42.7 Å². The molecule has 1 saturated heterocycles. The number of rotatable bonds is 11. The third-order valence-corrected chi connectivity index (χ3v) is 13.8. The normalized spacial score (nSPS) is 31.9. The number of fused-ring (bicyclic) bond motifs is 5. The van der Waals surface area contributed by atoms with Gasteiger partial charge in [0.2, 0.25) is 0 Å². The van der Waals surface area contributed by atoms with Crippen molar-refractivity contribution in [2.75, 3.05) is 6.61 Å². The molecule has 7 rings (SSSR count). The zero-order chi connectivity index (χ0) is 44.9. The first kappa shape index (κ1) is 44.5. The summed E-state index contributed by atoms with van der Waals surface area (Å²) in [5.41, 5.74) is -6.71. The van der Waals surface area contributed by atoms with Crippen LogP contribution in [0, 0.1) is 16.7 Å². The van der Waals surface area contributed by atoms with Gasteiger partial charge in [-0.15, -0.1) is 0 Å². The zero-order valence-electron chi connectivity index (χ0n) is 35.4. The minimum atomic E-state index is -2.38. The van der Waals surface area contributed by atoms with Gasteiger partial charge in [-0.25, -0.2) is 9.59 Å². The van der Waals surface area contributed by atoms with Gasteiger partial charge in [-0.2, -0.15) is 0 Å². The molecule has 3 aliphatic carbocycles. The summed E-state index contributed by atoms with van der Waals surface area (Å²) in [5, 5.41) is 37.6. The number of esters is 4. The van der Waals surface area contributed by atoms with Crippen LogP contribution in [0.25, 0.3) is 0 Å². The molecule has 0 amide bonds. The Labute approximate surface area is 359 Å². The Morgan fingerprint density at radius 3 is 1.95 bits per heavy atom. The van der Waals surface area contributed by atoms with Crippen LogP contribution in [-0.2, 0) is 42.9 Å². The van der Waals surface area contributed by atoms with E-state index < -0.39 is 107 Å². The highest BCUT2D eigenvalue weighted by molar-refractivity contribution is 5.97. The Morgan fingerprint density at radius 2 is 1.40 bits per heavy atom. The highest BCUT2D eigenvalue weighted by Crippen LogP contribution is 2.64. The van der Waals surface area contributed by atoms with Crippen molar-refractivity contribution < 1.29 is 67.8 Å². The molecule has 328 valence electrons. The fourth-order valence-corrected chi connectivity index (χ4v) is 10.4. The zero-order valence-corrected chi connectivity index (χ0v) is 35.4. The summed E-state index contributed by atoms with van der Waals surface area (Å²) in [7, 11) is 0. The van der Waals surface area contributed by atoms with Crippen LogP contribution < -0.4 is 0 Å². The fourth-order valence-electron chi connectivity index (χ4n) is 10.4. The number of hydrogen-bond acceptors (Lipinski definition) is 14. The molecule has 2 saturated carbocycles. The number of carbonyl (C=O) groups is 6. The Hall–Kier alpha value is -5.54. The van der Waals surface area contributed by atoms with E-state index in [2.05, 4.69) is 0 Å². The molecule has 2 unspecified atom stereocenters. The number of aliphatic hydroxyl groups is 3. The largest absolute Gasteiger partial charge is 0.456 e. The van der Waals surface area contributed by atoms with E-state index in [1.165, 1.54) is 26.0 Å². The van der Waals surface area contributed by atoms with Crippen LogP contribution >= 0.6 is 0 Å². The summed E-state index contributed by atoms with van der Waals surface area (Å²) in [4.78, 5) is 83.6. The maximum absolute atomic E-state index is 15.5. The molecule has 1 heterocycles. The van der Waals surface area contributed by atoms with Gasteiger partial charge in [0.05, 0.1) is 29.6 Å². The number of aliphatic hydroxyl groups excluding tert-OH is 2. The van der Waals surface area contributed by atoms with E-state index in [1.54, 1.807) is 92.7 Å². The Kier molecular flexibility index (Phi) is 11.9. The molecule has 14 heteroatoms. The molecule has 3 aromatic rings. The van der Waals surface area contributed by atoms with E-state index in [0.717, 1.165) is 13.8 Å². The second-order valence-corrected chi connectivity index (χ2v) is 17.6. The third kappa shape index (κ3) is 7.36. The van der Waals surface area contributed by atoms with E-state index in [0.29, 0.717) is 11.1 Å². The minimum Gasteiger partial charge on any atom is -0.456 e. The summed E-state index contributed by atoms with van der Waals surface area (Å²) < 4.78 is 30.3. The van der Waals surface area contributed by atoms with Gasteiger partial charge >= 0.3 is 23.9 Å². The SMILES string of the molecule is CC(=O)O[C@H]1C(=O)[C@@]2(C)C(C(OC(=O)c3ccccc3)[C@]3(O)C[C@H](OC(=O)[C@H](O)[C@@H](CC(=O)c4ccccc4)c4ccccc4)C(C)=C1C3(C)C)[C@]1(OC(C)=O)CO[C@@H]1C[C@@H]2O. The number of ketones is 2. The molecule has 0 spiro atoms. The molecule has 2 bridgehead atoms. The molecule has 4 aliphatic rings. The van der Waals surface area contributed by atoms with Gasteiger partial charge in [-0.3, -0.25) is 19.2 Å². The van der Waals surface area contributed by atoms with Gasteiger partial charge < -0.3 is 39.0 Å². The molecular formula is C48H52O14. The molecule has 3 fully saturated rings. The van der Waals surface area contributed by atoms with Crippen molar-refractivity contribution in [2.45, 2.75) is 115 Å². The van der Waals surface area contributed by atoms with Crippen LogP contribution in [0.2, 0.25) is 0 Å². The van der Waals surface area contributed by atoms with E-state index in [-0.39, 0.29) is 41.9 Å². The first-order valence-corrected chi connectivity index (χ1v) is 20.7. The number of hydrogen-bond donors (Lipinski definition) is 3. The predicted octanol–water partition coefficient (Wildman–Crippen LogP) is 4.62. The molecule has 3 aromatic carbocycles. The monoisotopic (exact) mass is 852 g/mol. The lowest BCUT2D eigenvalue weighted by Gasteiger charge is -2.67. The van der Waals surface area contributed by atoms with E-state index >= 15 is 4.79 Å². The second-order valence-electron chi connectivity index (χ2n) is 17.6. The van der Waals surface area contributed by atoms with Crippen molar-refractivity contribution in [3.63, 3.8) is 0 Å². The second kappa shape index (κ2) is 16.6. The summed E-state index contributed by atoms with van der Waals surface area (Å²) in [6, 6.07) is 24.8. The van der Waals surface area contributed by atoms with Crippen molar-refractivity contribution in [2.24, 2.45) is 16.7 Å². The molecule has 0 radical (unpaired) electrons. The summed E-state index contributed by atoms with van der Waals surface area (Å²) in [6.45, 7) is 8.04. The molecule has 11 atom stereocenters.